The summed E-state index contributed by atoms with van der Waals surface area (Å²) in [6, 6.07) is 3.35. The molecule has 10 nitrogen and oxygen atoms in total. The van der Waals surface area contributed by atoms with Gasteiger partial charge in [-0.25, -0.2) is 14.6 Å². The Morgan fingerprint density at radius 1 is 1.07 bits per heavy atom. The maximum atomic E-state index is 12.7. The predicted molar refractivity (Wildman–Crippen MR) is 111 cm³/mol. The molecule has 1 N–H and O–H groups in total. The van der Waals surface area contributed by atoms with Gasteiger partial charge in [-0.3, -0.25) is 4.79 Å². The molecule has 0 atom stereocenters. The fraction of sp³-hybridized carbons (Fsp3) is 0.400. The second-order valence-corrected chi connectivity index (χ2v) is 6.89. The number of carbonyl (C=O) groups excluding carboxylic acids is 1. The van der Waals surface area contributed by atoms with Crippen molar-refractivity contribution in [1.29, 1.82) is 0 Å². The lowest BCUT2D eigenvalue weighted by molar-refractivity contribution is -0.116. The van der Waals surface area contributed by atoms with Crippen molar-refractivity contribution in [3.63, 3.8) is 0 Å². The molecule has 3 heterocycles. The third-order valence-corrected chi connectivity index (χ3v) is 5.06. The summed E-state index contributed by atoms with van der Waals surface area (Å²) in [4.78, 5) is 23.7. The highest BCUT2D eigenvalue weighted by Gasteiger charge is 2.20. The van der Waals surface area contributed by atoms with Gasteiger partial charge >= 0.3 is 0 Å². The van der Waals surface area contributed by atoms with Crippen molar-refractivity contribution in [3.05, 3.63) is 24.7 Å². The van der Waals surface area contributed by atoms with E-state index in [9.17, 15) is 4.79 Å². The quantitative estimate of drug-likeness (QED) is 0.629. The van der Waals surface area contributed by atoms with Crippen LogP contribution in [0.1, 0.15) is 12.8 Å². The van der Waals surface area contributed by atoms with Gasteiger partial charge in [0.05, 0.1) is 32.9 Å². The Labute approximate surface area is 173 Å². The molecule has 30 heavy (non-hydrogen) atoms. The maximum Gasteiger partial charge on any atom is 0.246 e. The van der Waals surface area contributed by atoms with Crippen LogP contribution < -0.4 is 24.4 Å². The Morgan fingerprint density at radius 3 is 2.40 bits per heavy atom. The molecule has 1 aromatic carbocycles. The van der Waals surface area contributed by atoms with Crippen molar-refractivity contribution in [2.45, 2.75) is 19.4 Å². The van der Waals surface area contributed by atoms with Gasteiger partial charge in [0.2, 0.25) is 11.7 Å². The first-order valence-corrected chi connectivity index (χ1v) is 9.66. The Bertz CT molecular complexity index is 1040. The summed E-state index contributed by atoms with van der Waals surface area (Å²) < 4.78 is 17.5. The number of aromatic nitrogens is 4. The number of hydrogen-bond acceptors (Lipinski definition) is 8. The van der Waals surface area contributed by atoms with Gasteiger partial charge in [-0.2, -0.15) is 5.10 Å². The minimum Gasteiger partial charge on any atom is -0.493 e. The first-order valence-electron chi connectivity index (χ1n) is 9.66. The minimum atomic E-state index is -0.254. The van der Waals surface area contributed by atoms with Crippen LogP contribution in [-0.2, 0) is 11.3 Å². The van der Waals surface area contributed by atoms with Crippen LogP contribution in [0, 0.1) is 0 Å². The molecule has 158 valence electrons. The molecule has 4 rings (SSSR count). The second-order valence-electron chi connectivity index (χ2n) is 6.89. The number of anilines is 2. The molecule has 1 amide bonds. The van der Waals surface area contributed by atoms with Crippen molar-refractivity contribution in [2.24, 2.45) is 0 Å². The number of nitrogens with one attached hydrogen (secondary N) is 1. The molecule has 0 aliphatic carbocycles. The van der Waals surface area contributed by atoms with E-state index < -0.39 is 0 Å². The van der Waals surface area contributed by atoms with Gasteiger partial charge in [-0.15, -0.1) is 0 Å². The van der Waals surface area contributed by atoms with E-state index in [1.54, 1.807) is 23.0 Å². The molecule has 1 aliphatic rings. The molecule has 2 aromatic heterocycles. The first kappa shape index (κ1) is 19.7. The van der Waals surface area contributed by atoms with Crippen LogP contribution in [-0.4, -0.2) is 60.1 Å². The van der Waals surface area contributed by atoms with Gasteiger partial charge in [0.1, 0.15) is 18.7 Å². The number of ether oxygens (including phenoxy) is 3. The Morgan fingerprint density at radius 2 is 1.77 bits per heavy atom. The lowest BCUT2D eigenvalue weighted by Gasteiger charge is -2.16. The zero-order chi connectivity index (χ0) is 21.1. The van der Waals surface area contributed by atoms with E-state index in [0.29, 0.717) is 28.6 Å². The summed E-state index contributed by atoms with van der Waals surface area (Å²) in [6.07, 6.45) is 5.54. The summed E-state index contributed by atoms with van der Waals surface area (Å²) in [5.41, 5.74) is 1.16. The van der Waals surface area contributed by atoms with Crippen molar-refractivity contribution in [2.75, 3.05) is 44.6 Å². The van der Waals surface area contributed by atoms with E-state index in [4.69, 9.17) is 14.2 Å². The van der Waals surface area contributed by atoms with Crippen molar-refractivity contribution in [1.82, 2.24) is 19.7 Å². The SMILES string of the molecule is COc1cc(NC(=O)Cn2ncc3c(N4CCCC4)ncnc32)cc(OC)c1OC. The molecular formula is C20H24N6O4. The number of fused-ring (bicyclic) bond motifs is 1. The van der Waals surface area contributed by atoms with E-state index in [1.165, 1.54) is 27.7 Å². The number of rotatable bonds is 7. The van der Waals surface area contributed by atoms with Gasteiger partial charge in [0.15, 0.2) is 17.1 Å². The number of amides is 1. The highest BCUT2D eigenvalue weighted by molar-refractivity contribution is 5.93. The molecule has 3 aromatic rings. The van der Waals surface area contributed by atoms with E-state index in [2.05, 4.69) is 25.3 Å². The summed E-state index contributed by atoms with van der Waals surface area (Å²) in [7, 11) is 4.58. The molecule has 0 unspecified atom stereocenters. The normalized spacial score (nSPS) is 13.5. The highest BCUT2D eigenvalue weighted by atomic mass is 16.5. The average molecular weight is 412 g/mol. The Kier molecular flexibility index (Phi) is 5.55. The van der Waals surface area contributed by atoms with Crippen LogP contribution in [0.15, 0.2) is 24.7 Å². The predicted octanol–water partition coefficient (Wildman–Crippen LogP) is 2.09. The van der Waals surface area contributed by atoms with Crippen molar-refractivity contribution >= 4 is 28.4 Å². The van der Waals surface area contributed by atoms with Crippen molar-refractivity contribution < 1.29 is 19.0 Å². The van der Waals surface area contributed by atoms with Gasteiger partial charge in [0.25, 0.3) is 0 Å². The fourth-order valence-corrected chi connectivity index (χ4v) is 3.67. The monoisotopic (exact) mass is 412 g/mol. The minimum absolute atomic E-state index is 0.0105. The summed E-state index contributed by atoms with van der Waals surface area (Å²) in [5.74, 6) is 1.99. The molecular weight excluding hydrogens is 388 g/mol. The molecule has 0 radical (unpaired) electrons. The zero-order valence-electron chi connectivity index (χ0n) is 17.2. The largest absolute Gasteiger partial charge is 0.493 e. The molecule has 0 spiro atoms. The lowest BCUT2D eigenvalue weighted by Crippen LogP contribution is -2.21. The molecule has 10 heteroatoms. The lowest BCUT2D eigenvalue weighted by atomic mass is 10.2. The average Bonchev–Trinajstić information content (AvgIpc) is 3.43. The smallest absolute Gasteiger partial charge is 0.246 e. The number of hydrogen-bond donors (Lipinski definition) is 1. The van der Waals surface area contributed by atoms with Crippen LogP contribution in [0.25, 0.3) is 11.0 Å². The summed E-state index contributed by atoms with van der Waals surface area (Å²) in [6.45, 7) is 1.95. The van der Waals surface area contributed by atoms with E-state index >= 15 is 0 Å². The van der Waals surface area contributed by atoms with E-state index in [-0.39, 0.29) is 12.5 Å². The molecule has 1 fully saturated rings. The standard InChI is InChI=1S/C20H24N6O4/c1-28-15-8-13(9-16(29-2)18(15)30-3)24-17(27)11-26-20-14(10-23-26)19(21-12-22-20)25-6-4-5-7-25/h8-10,12H,4-7,11H2,1-3H3,(H,24,27). The first-order chi connectivity index (χ1) is 14.6. The topological polar surface area (TPSA) is 104 Å². The van der Waals surface area contributed by atoms with Crippen LogP contribution in [0.3, 0.4) is 0 Å². The number of methoxy groups -OCH3 is 3. The van der Waals surface area contributed by atoms with Gasteiger partial charge in [-0.1, -0.05) is 0 Å². The van der Waals surface area contributed by atoms with Crippen molar-refractivity contribution in [3.8, 4) is 17.2 Å². The van der Waals surface area contributed by atoms with Crippen LogP contribution in [0.5, 0.6) is 17.2 Å². The Balaban J connectivity index is 1.55. The van der Waals surface area contributed by atoms with Crippen LogP contribution in [0.2, 0.25) is 0 Å². The van der Waals surface area contributed by atoms with Gasteiger partial charge in [-0.05, 0) is 12.8 Å². The van der Waals surface area contributed by atoms with Gasteiger partial charge in [0, 0.05) is 30.9 Å². The zero-order valence-corrected chi connectivity index (χ0v) is 17.2. The van der Waals surface area contributed by atoms with E-state index in [0.717, 1.165) is 37.1 Å². The van der Waals surface area contributed by atoms with Crippen LogP contribution in [0.4, 0.5) is 11.5 Å². The number of benzene rings is 1. The molecule has 1 aliphatic heterocycles. The number of nitrogens with zero attached hydrogens (tertiary/aromatic N) is 5. The summed E-state index contributed by atoms with van der Waals surface area (Å²) >= 11 is 0. The highest BCUT2D eigenvalue weighted by Crippen LogP contribution is 2.39. The maximum absolute atomic E-state index is 12.7. The van der Waals surface area contributed by atoms with Gasteiger partial charge < -0.3 is 24.4 Å². The fourth-order valence-electron chi connectivity index (χ4n) is 3.67. The Hall–Kier alpha value is -3.56. The summed E-state index contributed by atoms with van der Waals surface area (Å²) in [5, 5.41) is 8.05. The molecule has 0 saturated carbocycles. The third kappa shape index (κ3) is 3.68. The van der Waals surface area contributed by atoms with Crippen LogP contribution >= 0.6 is 0 Å². The third-order valence-electron chi connectivity index (χ3n) is 5.06. The molecule has 1 saturated heterocycles. The number of carbonyl (C=O) groups is 1. The van der Waals surface area contributed by atoms with E-state index in [1.807, 2.05) is 0 Å². The second kappa shape index (κ2) is 8.44. The molecule has 0 bridgehead atoms.